The Bertz CT molecular complexity index is 742. The molecule has 28 heavy (non-hydrogen) atoms. The first-order valence-corrected chi connectivity index (χ1v) is 9.37. The zero-order valence-electron chi connectivity index (χ0n) is 16.4. The van der Waals surface area contributed by atoms with E-state index in [4.69, 9.17) is 14.2 Å². The maximum atomic E-state index is 12.3. The van der Waals surface area contributed by atoms with Gasteiger partial charge in [-0.25, -0.2) is 14.4 Å². The third-order valence-electron chi connectivity index (χ3n) is 4.06. The molecule has 2 amide bonds. The third-order valence-corrected chi connectivity index (χ3v) is 4.06. The van der Waals surface area contributed by atoms with Crippen LogP contribution in [0, 0.1) is 0 Å². The lowest BCUT2D eigenvalue weighted by atomic mass is 10.0. The van der Waals surface area contributed by atoms with Gasteiger partial charge in [0, 0.05) is 0 Å². The highest BCUT2D eigenvalue weighted by Crippen LogP contribution is 2.18. The van der Waals surface area contributed by atoms with Gasteiger partial charge < -0.3 is 24.8 Å². The number of rotatable bonds is 9. The minimum atomic E-state index is -0.571. The fourth-order valence-corrected chi connectivity index (χ4v) is 2.70. The van der Waals surface area contributed by atoms with Crippen LogP contribution in [0.15, 0.2) is 35.5 Å². The van der Waals surface area contributed by atoms with Gasteiger partial charge in [-0.15, -0.1) is 0 Å². The van der Waals surface area contributed by atoms with Gasteiger partial charge in [0.1, 0.15) is 12.4 Å². The molecule has 2 N–H and O–H groups in total. The van der Waals surface area contributed by atoms with E-state index in [2.05, 4.69) is 10.6 Å². The van der Waals surface area contributed by atoms with Crippen LogP contribution >= 0.6 is 0 Å². The van der Waals surface area contributed by atoms with Gasteiger partial charge in [0.15, 0.2) is 0 Å². The predicted molar refractivity (Wildman–Crippen MR) is 102 cm³/mol. The first-order chi connectivity index (χ1) is 13.5. The van der Waals surface area contributed by atoms with Crippen molar-refractivity contribution in [1.82, 2.24) is 10.6 Å². The third kappa shape index (κ3) is 5.48. The van der Waals surface area contributed by atoms with E-state index in [1.54, 1.807) is 31.2 Å². The van der Waals surface area contributed by atoms with Crippen molar-refractivity contribution in [1.29, 1.82) is 0 Å². The van der Waals surface area contributed by atoms with E-state index in [1.807, 2.05) is 13.8 Å². The predicted octanol–water partition coefficient (Wildman–Crippen LogP) is 2.54. The van der Waals surface area contributed by atoms with Crippen molar-refractivity contribution >= 4 is 18.0 Å². The molecule has 1 aromatic rings. The maximum Gasteiger partial charge on any atom is 0.338 e. The Morgan fingerprint density at radius 2 is 1.75 bits per heavy atom. The van der Waals surface area contributed by atoms with Crippen molar-refractivity contribution < 1.29 is 28.6 Å². The molecule has 0 bridgehead atoms. The van der Waals surface area contributed by atoms with Gasteiger partial charge in [-0.2, -0.15) is 0 Å². The van der Waals surface area contributed by atoms with E-state index in [1.165, 1.54) is 0 Å². The summed E-state index contributed by atoms with van der Waals surface area (Å²) >= 11 is 0. The summed E-state index contributed by atoms with van der Waals surface area (Å²) < 4.78 is 15.9. The minimum Gasteiger partial charge on any atom is -0.494 e. The lowest BCUT2D eigenvalue weighted by Gasteiger charge is -2.28. The molecule has 1 heterocycles. The molecule has 0 aliphatic carbocycles. The van der Waals surface area contributed by atoms with Gasteiger partial charge in [0.25, 0.3) is 0 Å². The molecule has 0 saturated carbocycles. The summed E-state index contributed by atoms with van der Waals surface area (Å²) in [6, 6.07) is 5.62. The van der Waals surface area contributed by atoms with E-state index < -0.39 is 24.0 Å². The van der Waals surface area contributed by atoms with E-state index in [-0.39, 0.29) is 24.5 Å². The molecule has 1 aliphatic rings. The summed E-state index contributed by atoms with van der Waals surface area (Å²) in [5.74, 6) is -0.453. The molecule has 8 heteroatoms. The van der Waals surface area contributed by atoms with E-state index in [9.17, 15) is 14.4 Å². The van der Waals surface area contributed by atoms with Crippen molar-refractivity contribution in [3.05, 3.63) is 41.1 Å². The van der Waals surface area contributed by atoms with Crippen molar-refractivity contribution in [3.63, 3.8) is 0 Å². The second-order valence-corrected chi connectivity index (χ2v) is 6.12. The molecule has 152 valence electrons. The zero-order valence-corrected chi connectivity index (χ0v) is 16.4. The van der Waals surface area contributed by atoms with Crippen molar-refractivity contribution in [3.8, 4) is 5.75 Å². The van der Waals surface area contributed by atoms with Gasteiger partial charge in [0.05, 0.1) is 36.1 Å². The molecule has 0 fully saturated rings. The van der Waals surface area contributed by atoms with Gasteiger partial charge in [-0.05, 0) is 44.0 Å². The van der Waals surface area contributed by atoms with E-state index >= 15 is 0 Å². The second-order valence-electron chi connectivity index (χ2n) is 6.12. The smallest absolute Gasteiger partial charge is 0.338 e. The molecule has 8 nitrogen and oxygen atoms in total. The van der Waals surface area contributed by atoms with Crippen LogP contribution in [0.4, 0.5) is 4.79 Å². The Hall–Kier alpha value is -3.03. The lowest BCUT2D eigenvalue weighted by molar-refractivity contribution is -0.139. The highest BCUT2D eigenvalue weighted by molar-refractivity contribution is 5.95. The normalized spacial score (nSPS) is 16.1. The maximum absolute atomic E-state index is 12.3. The first-order valence-electron chi connectivity index (χ1n) is 9.37. The number of carbonyl (C=O) groups is 3. The van der Waals surface area contributed by atoms with Crippen molar-refractivity contribution in [2.24, 2.45) is 0 Å². The standard InChI is InChI=1S/C20H26N2O6/c1-4-11-27-14-9-7-13(8-10-14)18(23)28-12-16-17(19(24)26-6-3)15(5-2)21-20(25)22-16/h7-10,15H,4-6,11-12H2,1-3H3,(H2,21,22,25)/t15-/m1/s1. The molecular weight excluding hydrogens is 364 g/mol. The zero-order chi connectivity index (χ0) is 20.5. The topological polar surface area (TPSA) is 103 Å². The largest absolute Gasteiger partial charge is 0.494 e. The number of carbonyl (C=O) groups excluding carboxylic acids is 3. The van der Waals surface area contributed by atoms with Crippen LogP contribution in [-0.4, -0.2) is 43.8 Å². The quantitative estimate of drug-likeness (QED) is 0.628. The molecule has 0 aromatic heterocycles. The second kappa shape index (κ2) is 10.3. The van der Waals surface area contributed by atoms with Gasteiger partial charge in [-0.1, -0.05) is 13.8 Å². The molecule has 0 saturated heterocycles. The number of ether oxygens (including phenoxy) is 3. The fourth-order valence-electron chi connectivity index (χ4n) is 2.70. The molecule has 2 rings (SSSR count). The summed E-state index contributed by atoms with van der Waals surface area (Å²) in [6.07, 6.45) is 1.39. The van der Waals surface area contributed by atoms with Crippen molar-refractivity contribution in [2.45, 2.75) is 39.7 Å². The van der Waals surface area contributed by atoms with Gasteiger partial charge in [0.2, 0.25) is 0 Å². The van der Waals surface area contributed by atoms with Crippen LogP contribution in [0.25, 0.3) is 0 Å². The van der Waals surface area contributed by atoms with E-state index in [0.717, 1.165) is 6.42 Å². The van der Waals surface area contributed by atoms with Crippen LogP contribution in [0.5, 0.6) is 5.75 Å². The van der Waals surface area contributed by atoms with Crippen LogP contribution in [0.3, 0.4) is 0 Å². The van der Waals surface area contributed by atoms with Crippen LogP contribution in [0.2, 0.25) is 0 Å². The Morgan fingerprint density at radius 1 is 1.04 bits per heavy atom. The number of hydrogen-bond acceptors (Lipinski definition) is 6. The summed E-state index contributed by atoms with van der Waals surface area (Å²) in [7, 11) is 0. The molecule has 0 unspecified atom stereocenters. The first kappa shape index (κ1) is 21.3. The summed E-state index contributed by atoms with van der Waals surface area (Å²) in [6.45, 7) is 6.09. The average Bonchev–Trinajstić information content (AvgIpc) is 2.70. The number of urea groups is 1. The number of hydrogen-bond donors (Lipinski definition) is 2. The Kier molecular flexibility index (Phi) is 7.86. The van der Waals surface area contributed by atoms with Crippen molar-refractivity contribution in [2.75, 3.05) is 19.8 Å². The van der Waals surface area contributed by atoms with Gasteiger partial charge >= 0.3 is 18.0 Å². The lowest BCUT2D eigenvalue weighted by Crippen LogP contribution is -2.51. The Morgan fingerprint density at radius 3 is 2.36 bits per heavy atom. The molecular formula is C20H26N2O6. The van der Waals surface area contributed by atoms with E-state index in [0.29, 0.717) is 24.3 Å². The number of benzene rings is 1. The highest BCUT2D eigenvalue weighted by atomic mass is 16.5. The molecule has 1 aliphatic heterocycles. The summed E-state index contributed by atoms with van der Waals surface area (Å²) in [5, 5.41) is 5.21. The van der Waals surface area contributed by atoms with Gasteiger partial charge in [-0.3, -0.25) is 0 Å². The highest BCUT2D eigenvalue weighted by Gasteiger charge is 2.32. The number of esters is 2. The van der Waals surface area contributed by atoms with Crippen LogP contribution in [0.1, 0.15) is 44.0 Å². The fraction of sp³-hybridized carbons (Fsp3) is 0.450. The molecule has 0 radical (unpaired) electrons. The Labute approximate surface area is 164 Å². The van der Waals surface area contributed by atoms with Crippen LogP contribution in [-0.2, 0) is 14.3 Å². The van der Waals surface area contributed by atoms with Crippen LogP contribution < -0.4 is 15.4 Å². The monoisotopic (exact) mass is 390 g/mol. The SMILES string of the molecule is CCCOc1ccc(C(=O)OCC2=C(C(=O)OCC)[C@@H](CC)NC(=O)N2)cc1. The minimum absolute atomic E-state index is 0.201. The molecule has 1 atom stereocenters. The molecule has 0 spiro atoms. The Balaban J connectivity index is 2.11. The molecule has 1 aromatic carbocycles. The summed E-state index contributed by atoms with van der Waals surface area (Å²) in [5.41, 5.74) is 0.833. The average molecular weight is 390 g/mol. The summed E-state index contributed by atoms with van der Waals surface area (Å²) in [4.78, 5) is 36.5. The number of amides is 2. The number of nitrogens with one attached hydrogen (secondary N) is 2.